The Morgan fingerprint density at radius 3 is 2.52 bits per heavy atom. The third-order valence-electron chi connectivity index (χ3n) is 3.64. The van der Waals surface area contributed by atoms with Crippen molar-refractivity contribution in [3.63, 3.8) is 0 Å². The highest BCUT2D eigenvalue weighted by molar-refractivity contribution is 5.62. The average Bonchev–Trinajstić information content (AvgIpc) is 2.51. The Morgan fingerprint density at radius 1 is 1.14 bits per heavy atom. The number of piperazine rings is 1. The highest BCUT2D eigenvalue weighted by atomic mass is 19.1. The van der Waals surface area contributed by atoms with Crippen LogP contribution in [-0.2, 0) is 0 Å². The summed E-state index contributed by atoms with van der Waals surface area (Å²) >= 11 is 0. The Labute approximate surface area is 121 Å². The van der Waals surface area contributed by atoms with Crippen LogP contribution < -0.4 is 21.1 Å². The van der Waals surface area contributed by atoms with Gasteiger partial charge >= 0.3 is 0 Å². The van der Waals surface area contributed by atoms with Gasteiger partial charge in [-0.3, -0.25) is 4.79 Å². The summed E-state index contributed by atoms with van der Waals surface area (Å²) in [6, 6.07) is 6.72. The van der Waals surface area contributed by atoms with Crippen molar-refractivity contribution in [3.8, 4) is 0 Å². The molecule has 1 saturated heterocycles. The molecule has 110 valence electrons. The molecule has 0 radical (unpaired) electrons. The van der Waals surface area contributed by atoms with E-state index in [0.29, 0.717) is 37.7 Å². The van der Waals surface area contributed by atoms with Crippen LogP contribution in [0.5, 0.6) is 0 Å². The molecule has 0 aliphatic carbocycles. The molecule has 3 N–H and O–H groups in total. The van der Waals surface area contributed by atoms with Crippen LogP contribution in [0.1, 0.15) is 0 Å². The molecule has 0 bridgehead atoms. The Balaban J connectivity index is 1.75. The van der Waals surface area contributed by atoms with Gasteiger partial charge in [0.2, 0.25) is 0 Å². The maximum Gasteiger partial charge on any atom is 0.276 e. The van der Waals surface area contributed by atoms with Crippen LogP contribution in [0.2, 0.25) is 0 Å². The quantitative estimate of drug-likeness (QED) is 0.855. The number of hydrogen-bond acceptors (Lipinski definition) is 5. The molecule has 0 spiro atoms. The number of benzene rings is 1. The summed E-state index contributed by atoms with van der Waals surface area (Å²) in [5.74, 6) is 0.270. The lowest BCUT2D eigenvalue weighted by Gasteiger charge is -2.37. The third kappa shape index (κ3) is 2.54. The molecule has 1 aliphatic heterocycles. The lowest BCUT2D eigenvalue weighted by atomic mass is 10.2. The van der Waals surface area contributed by atoms with E-state index in [9.17, 15) is 9.18 Å². The van der Waals surface area contributed by atoms with E-state index in [-0.39, 0.29) is 17.1 Å². The molecule has 1 fully saturated rings. The number of halogens is 1. The van der Waals surface area contributed by atoms with E-state index in [1.54, 1.807) is 12.1 Å². The number of aromatic nitrogens is 2. The summed E-state index contributed by atoms with van der Waals surface area (Å²) in [5.41, 5.74) is 6.15. The highest BCUT2D eigenvalue weighted by Crippen LogP contribution is 2.23. The minimum atomic E-state index is -0.337. The Morgan fingerprint density at radius 2 is 1.81 bits per heavy atom. The first-order valence-corrected chi connectivity index (χ1v) is 6.74. The number of rotatable bonds is 2. The molecule has 6 nitrogen and oxygen atoms in total. The summed E-state index contributed by atoms with van der Waals surface area (Å²) < 4.78 is 13.8. The molecular formula is C14H16FN5O. The molecule has 1 aliphatic rings. The van der Waals surface area contributed by atoms with Gasteiger partial charge in [0.15, 0.2) is 5.82 Å². The van der Waals surface area contributed by atoms with Crippen LogP contribution >= 0.6 is 0 Å². The maximum absolute atomic E-state index is 13.8. The summed E-state index contributed by atoms with van der Waals surface area (Å²) in [4.78, 5) is 22.0. The largest absolute Gasteiger partial charge is 0.391 e. The van der Waals surface area contributed by atoms with Crippen molar-refractivity contribution in [1.29, 1.82) is 0 Å². The van der Waals surface area contributed by atoms with Gasteiger partial charge < -0.3 is 20.5 Å². The van der Waals surface area contributed by atoms with Crippen LogP contribution in [-0.4, -0.2) is 36.1 Å². The van der Waals surface area contributed by atoms with Crippen LogP contribution in [0.4, 0.5) is 21.6 Å². The number of H-pyrrole nitrogens is 1. The maximum atomic E-state index is 13.8. The summed E-state index contributed by atoms with van der Waals surface area (Å²) in [7, 11) is 0. The zero-order valence-corrected chi connectivity index (χ0v) is 11.4. The third-order valence-corrected chi connectivity index (χ3v) is 3.64. The molecule has 0 amide bonds. The Kier molecular flexibility index (Phi) is 3.47. The predicted molar refractivity (Wildman–Crippen MR) is 80.1 cm³/mol. The number of para-hydroxylation sites is 1. The lowest BCUT2D eigenvalue weighted by molar-refractivity contribution is 0.596. The second kappa shape index (κ2) is 5.43. The van der Waals surface area contributed by atoms with E-state index >= 15 is 0 Å². The average molecular weight is 289 g/mol. The number of anilines is 3. The van der Waals surface area contributed by atoms with E-state index < -0.39 is 0 Å². The van der Waals surface area contributed by atoms with E-state index in [1.165, 1.54) is 12.4 Å². The van der Waals surface area contributed by atoms with Crippen molar-refractivity contribution in [2.45, 2.75) is 0 Å². The van der Waals surface area contributed by atoms with Gasteiger partial charge in [0.25, 0.3) is 5.56 Å². The fourth-order valence-corrected chi connectivity index (χ4v) is 2.52. The topological polar surface area (TPSA) is 78.2 Å². The number of nitrogens with one attached hydrogen (secondary N) is 1. The van der Waals surface area contributed by atoms with Gasteiger partial charge in [-0.1, -0.05) is 12.1 Å². The van der Waals surface area contributed by atoms with Gasteiger partial charge in [-0.25, -0.2) is 9.37 Å². The molecule has 1 aromatic carbocycles. The van der Waals surface area contributed by atoms with Gasteiger partial charge in [0.05, 0.1) is 12.0 Å². The Bertz CT molecular complexity index is 694. The molecule has 7 heteroatoms. The van der Waals surface area contributed by atoms with Crippen LogP contribution in [0, 0.1) is 5.82 Å². The van der Waals surface area contributed by atoms with Crippen molar-refractivity contribution < 1.29 is 4.39 Å². The molecular weight excluding hydrogens is 273 g/mol. The zero-order valence-electron chi connectivity index (χ0n) is 11.4. The van der Waals surface area contributed by atoms with Crippen molar-refractivity contribution in [3.05, 3.63) is 46.8 Å². The molecule has 0 saturated carbocycles. The SMILES string of the molecule is Nc1c(N2CCN(c3ccccc3F)CC2)nc[nH]c1=O. The fraction of sp³-hybridized carbons (Fsp3) is 0.286. The second-order valence-electron chi connectivity index (χ2n) is 4.89. The molecule has 2 heterocycles. The number of aromatic amines is 1. The smallest absolute Gasteiger partial charge is 0.276 e. The normalized spacial score (nSPS) is 15.3. The number of nitrogen functional groups attached to an aromatic ring is 1. The minimum Gasteiger partial charge on any atom is -0.391 e. The molecule has 3 rings (SSSR count). The standard InChI is InChI=1S/C14H16FN5O/c15-10-3-1-2-4-11(10)19-5-7-20(8-6-19)13-12(16)14(21)18-9-17-13/h1-4,9H,5-8,16H2,(H,17,18,21). The molecule has 1 aromatic heterocycles. The van der Waals surface area contributed by atoms with Crippen LogP contribution in [0.3, 0.4) is 0 Å². The number of hydrogen-bond donors (Lipinski definition) is 2. The predicted octanol–water partition coefficient (Wildman–Crippen LogP) is 0.818. The van der Waals surface area contributed by atoms with Crippen molar-refractivity contribution in [1.82, 2.24) is 9.97 Å². The summed E-state index contributed by atoms with van der Waals surface area (Å²) in [6.45, 7) is 2.56. The summed E-state index contributed by atoms with van der Waals surface area (Å²) in [5, 5.41) is 0. The van der Waals surface area contributed by atoms with E-state index in [2.05, 4.69) is 9.97 Å². The monoisotopic (exact) mass is 289 g/mol. The molecule has 2 aromatic rings. The fourth-order valence-electron chi connectivity index (χ4n) is 2.52. The van der Waals surface area contributed by atoms with Gasteiger partial charge in [-0.15, -0.1) is 0 Å². The first-order valence-electron chi connectivity index (χ1n) is 6.74. The van der Waals surface area contributed by atoms with Crippen LogP contribution in [0.25, 0.3) is 0 Å². The molecule has 0 atom stereocenters. The number of nitrogens with zero attached hydrogens (tertiary/aromatic N) is 3. The lowest BCUT2D eigenvalue weighted by Crippen LogP contribution is -2.47. The van der Waals surface area contributed by atoms with Gasteiger partial charge in [-0.2, -0.15) is 0 Å². The van der Waals surface area contributed by atoms with Gasteiger partial charge in [0.1, 0.15) is 11.5 Å². The van der Waals surface area contributed by atoms with Crippen molar-refractivity contribution in [2.24, 2.45) is 0 Å². The second-order valence-corrected chi connectivity index (χ2v) is 4.89. The molecule has 0 unspecified atom stereocenters. The Hall–Kier alpha value is -2.57. The zero-order chi connectivity index (χ0) is 14.8. The van der Waals surface area contributed by atoms with Crippen molar-refractivity contribution >= 4 is 17.2 Å². The van der Waals surface area contributed by atoms with Gasteiger partial charge in [-0.05, 0) is 12.1 Å². The highest BCUT2D eigenvalue weighted by Gasteiger charge is 2.22. The molecule has 21 heavy (non-hydrogen) atoms. The first-order chi connectivity index (χ1) is 10.2. The van der Waals surface area contributed by atoms with Gasteiger partial charge in [0, 0.05) is 26.2 Å². The minimum absolute atomic E-state index is 0.122. The number of nitrogens with two attached hydrogens (primary N) is 1. The first kappa shape index (κ1) is 13.4. The van der Waals surface area contributed by atoms with Crippen molar-refractivity contribution in [2.75, 3.05) is 41.7 Å². The van der Waals surface area contributed by atoms with E-state index in [4.69, 9.17) is 5.73 Å². The van der Waals surface area contributed by atoms with Crippen LogP contribution in [0.15, 0.2) is 35.4 Å². The van der Waals surface area contributed by atoms with E-state index in [0.717, 1.165) is 0 Å². The van der Waals surface area contributed by atoms with E-state index in [1.807, 2.05) is 15.9 Å². The summed E-state index contributed by atoms with van der Waals surface area (Å²) in [6.07, 6.45) is 1.34.